The summed E-state index contributed by atoms with van der Waals surface area (Å²) in [4.78, 5) is 5.25. The van der Waals surface area contributed by atoms with Crippen LogP contribution in [0.3, 0.4) is 0 Å². The number of hydrogen-bond donors (Lipinski definition) is 1. The number of nitrogens with zero attached hydrogens (tertiary/aromatic N) is 2. The third kappa shape index (κ3) is 5.67. The van der Waals surface area contributed by atoms with Crippen LogP contribution in [0.4, 0.5) is 0 Å². The maximum Gasteiger partial charge on any atom is 0.101 e. The van der Waals surface area contributed by atoms with E-state index in [4.69, 9.17) is 10.1 Å². The molecule has 202 valence electrons. The van der Waals surface area contributed by atoms with Crippen molar-refractivity contribution in [1.82, 2.24) is 9.80 Å². The second kappa shape index (κ2) is 11.6. The van der Waals surface area contributed by atoms with Gasteiger partial charge in [-0.1, -0.05) is 74.0 Å². The molecule has 2 heterocycles. The van der Waals surface area contributed by atoms with Crippen LogP contribution in [0, 0.1) is 16.7 Å². The van der Waals surface area contributed by atoms with Crippen molar-refractivity contribution in [2.24, 2.45) is 11.3 Å². The largest absolute Gasteiger partial charge is 0.467 e. The number of benzene rings is 2. The quantitative estimate of drug-likeness (QED) is 0.360. The summed E-state index contributed by atoms with van der Waals surface area (Å²) in [5.41, 5.74) is 6.21. The summed E-state index contributed by atoms with van der Waals surface area (Å²) < 4.78 is 6.01. The van der Waals surface area contributed by atoms with Crippen molar-refractivity contribution in [3.8, 4) is 0 Å². The van der Waals surface area contributed by atoms with Crippen molar-refractivity contribution in [3.63, 3.8) is 0 Å². The molecule has 38 heavy (non-hydrogen) atoms. The summed E-state index contributed by atoms with van der Waals surface area (Å²) in [5.74, 6) is 2.65. The maximum atomic E-state index is 9.11. The Balaban J connectivity index is 1.09. The van der Waals surface area contributed by atoms with Gasteiger partial charge in [-0.25, -0.2) is 0 Å². The first-order valence-corrected chi connectivity index (χ1v) is 14.5. The van der Waals surface area contributed by atoms with Crippen molar-refractivity contribution < 1.29 is 4.74 Å². The van der Waals surface area contributed by atoms with E-state index in [0.717, 1.165) is 56.4 Å². The Labute approximate surface area is 229 Å². The van der Waals surface area contributed by atoms with Crippen molar-refractivity contribution in [2.75, 3.05) is 39.3 Å². The molecule has 2 fully saturated rings. The highest BCUT2D eigenvalue weighted by molar-refractivity contribution is 5.97. The number of hydrogen-bond acceptors (Lipinski definition) is 4. The molecule has 0 aromatic heterocycles. The SMILES string of the molecule is CC1=C(C)C2C(=N)C(C)(CN3CCN(CCCCC(c4ccccc4)c4ccccc4)CC3)CC2=C(C)O1. The standard InChI is InChI=1S/C34H45N3O/c1-25-26(2)38-27(3)31-23-34(4,33(35)32(25)31)24-37-21-19-36(20-22-37)18-12-11-17-30(28-13-7-5-8-14-28)29-15-9-6-10-16-29/h5-10,13-16,30,32,35H,11-12,17-24H2,1-4H3. The van der Waals surface area contributed by atoms with Crippen LogP contribution >= 0.6 is 0 Å². The lowest BCUT2D eigenvalue weighted by Crippen LogP contribution is -2.50. The lowest BCUT2D eigenvalue weighted by molar-refractivity contribution is 0.109. The van der Waals surface area contributed by atoms with Gasteiger partial charge >= 0.3 is 0 Å². The smallest absolute Gasteiger partial charge is 0.101 e. The molecule has 2 unspecified atom stereocenters. The van der Waals surface area contributed by atoms with E-state index in [1.807, 2.05) is 6.92 Å². The highest BCUT2D eigenvalue weighted by atomic mass is 16.5. The van der Waals surface area contributed by atoms with Crippen LogP contribution in [0.15, 0.2) is 83.3 Å². The molecule has 0 amide bonds. The average Bonchev–Trinajstić information content (AvgIpc) is 3.20. The number of nitrogens with one attached hydrogen (secondary N) is 1. The Kier molecular flexibility index (Phi) is 8.20. The molecule has 2 aromatic rings. The maximum absolute atomic E-state index is 9.11. The van der Waals surface area contributed by atoms with Gasteiger partial charge in [-0.2, -0.15) is 0 Å². The first kappa shape index (κ1) is 26.9. The van der Waals surface area contributed by atoms with Gasteiger partial charge in [0, 0.05) is 55.7 Å². The molecule has 1 saturated carbocycles. The third-order valence-electron chi connectivity index (χ3n) is 9.27. The van der Waals surface area contributed by atoms with Gasteiger partial charge in [0.15, 0.2) is 0 Å². The molecule has 4 heteroatoms. The minimum absolute atomic E-state index is 0.0947. The molecule has 0 spiro atoms. The van der Waals surface area contributed by atoms with E-state index in [2.05, 4.69) is 91.2 Å². The Morgan fingerprint density at radius 2 is 1.42 bits per heavy atom. The summed E-state index contributed by atoms with van der Waals surface area (Å²) in [5, 5.41) is 9.11. The Hall–Kier alpha value is -2.69. The Morgan fingerprint density at radius 3 is 2.03 bits per heavy atom. The topological polar surface area (TPSA) is 39.6 Å². The van der Waals surface area contributed by atoms with Crippen LogP contribution < -0.4 is 0 Å². The van der Waals surface area contributed by atoms with Crippen molar-refractivity contribution >= 4 is 5.71 Å². The first-order valence-electron chi connectivity index (χ1n) is 14.5. The molecule has 2 aliphatic heterocycles. The fraction of sp³-hybridized carbons (Fsp3) is 0.500. The first-order chi connectivity index (χ1) is 18.4. The molecule has 1 N–H and O–H groups in total. The van der Waals surface area contributed by atoms with E-state index in [1.165, 1.54) is 48.1 Å². The van der Waals surface area contributed by atoms with Crippen LogP contribution in [0.5, 0.6) is 0 Å². The number of rotatable bonds is 9. The van der Waals surface area contributed by atoms with Gasteiger partial charge in [0.05, 0.1) is 0 Å². The van der Waals surface area contributed by atoms with E-state index >= 15 is 0 Å². The van der Waals surface area contributed by atoms with Gasteiger partial charge in [-0.15, -0.1) is 0 Å². The molecule has 1 saturated heterocycles. The van der Waals surface area contributed by atoms with Gasteiger partial charge in [0.2, 0.25) is 0 Å². The number of allylic oxidation sites excluding steroid dienone is 4. The number of ether oxygens (including phenoxy) is 1. The monoisotopic (exact) mass is 511 g/mol. The van der Waals surface area contributed by atoms with Gasteiger partial charge < -0.3 is 15.0 Å². The molecule has 2 aromatic carbocycles. The highest BCUT2D eigenvalue weighted by Gasteiger charge is 2.48. The molecule has 0 radical (unpaired) electrons. The predicted molar refractivity (Wildman–Crippen MR) is 158 cm³/mol. The van der Waals surface area contributed by atoms with Crippen LogP contribution in [0.25, 0.3) is 0 Å². The zero-order valence-electron chi connectivity index (χ0n) is 23.8. The van der Waals surface area contributed by atoms with E-state index < -0.39 is 0 Å². The van der Waals surface area contributed by atoms with Crippen LogP contribution in [-0.4, -0.2) is 54.8 Å². The van der Waals surface area contributed by atoms with Gasteiger partial charge in [0.1, 0.15) is 11.5 Å². The fourth-order valence-electron chi connectivity index (χ4n) is 6.91. The molecule has 1 aliphatic carbocycles. The van der Waals surface area contributed by atoms with E-state index in [1.54, 1.807) is 0 Å². The van der Waals surface area contributed by atoms with Gasteiger partial charge in [-0.3, -0.25) is 4.90 Å². The molecular formula is C34H45N3O. The normalized spacial score (nSPS) is 24.8. The summed E-state index contributed by atoms with van der Waals surface area (Å²) in [6.45, 7) is 15.2. The van der Waals surface area contributed by atoms with E-state index in [9.17, 15) is 0 Å². The second-order valence-corrected chi connectivity index (χ2v) is 12.0. The van der Waals surface area contributed by atoms with Crippen molar-refractivity contribution in [2.45, 2.75) is 59.3 Å². The highest BCUT2D eigenvalue weighted by Crippen LogP contribution is 2.50. The number of unbranched alkanes of at least 4 members (excludes halogenated alkanes) is 1. The lowest BCUT2D eigenvalue weighted by Gasteiger charge is -2.39. The van der Waals surface area contributed by atoms with Crippen molar-refractivity contribution in [1.29, 1.82) is 5.41 Å². The zero-order valence-corrected chi connectivity index (χ0v) is 23.8. The molecular weight excluding hydrogens is 466 g/mol. The van der Waals surface area contributed by atoms with E-state index in [-0.39, 0.29) is 11.3 Å². The molecule has 4 nitrogen and oxygen atoms in total. The summed E-state index contributed by atoms with van der Waals surface area (Å²) >= 11 is 0. The predicted octanol–water partition coefficient (Wildman–Crippen LogP) is 7.25. The average molecular weight is 512 g/mol. The van der Waals surface area contributed by atoms with Crippen LogP contribution in [-0.2, 0) is 4.74 Å². The molecule has 3 aliphatic rings. The van der Waals surface area contributed by atoms with Gasteiger partial charge in [0.25, 0.3) is 0 Å². The molecule has 5 rings (SSSR count). The zero-order chi connectivity index (χ0) is 26.7. The molecule has 0 bridgehead atoms. The Morgan fingerprint density at radius 1 is 0.842 bits per heavy atom. The third-order valence-corrected chi connectivity index (χ3v) is 9.27. The van der Waals surface area contributed by atoms with Crippen LogP contribution in [0.1, 0.15) is 70.4 Å². The van der Waals surface area contributed by atoms with E-state index in [0.29, 0.717) is 5.92 Å². The summed E-state index contributed by atoms with van der Waals surface area (Å²) in [6, 6.07) is 22.0. The Bertz CT molecular complexity index is 1140. The number of piperazine rings is 1. The van der Waals surface area contributed by atoms with Crippen molar-refractivity contribution in [3.05, 3.63) is 94.5 Å². The lowest BCUT2D eigenvalue weighted by atomic mass is 9.83. The second-order valence-electron chi connectivity index (χ2n) is 12.0. The van der Waals surface area contributed by atoms with Crippen LogP contribution in [0.2, 0.25) is 0 Å². The molecule has 2 atom stereocenters. The van der Waals surface area contributed by atoms with Gasteiger partial charge in [-0.05, 0) is 68.9 Å². The minimum atomic E-state index is -0.0947. The fourth-order valence-corrected chi connectivity index (χ4v) is 6.91. The summed E-state index contributed by atoms with van der Waals surface area (Å²) in [6.07, 6.45) is 4.64. The summed E-state index contributed by atoms with van der Waals surface area (Å²) in [7, 11) is 0. The number of fused-ring (bicyclic) bond motifs is 1. The minimum Gasteiger partial charge on any atom is -0.467 e.